The Balaban J connectivity index is 3.50. The van der Waals surface area contributed by atoms with E-state index in [2.05, 4.69) is 30.8 Å². The van der Waals surface area contributed by atoms with Gasteiger partial charge in [0.1, 0.15) is 10.3 Å². The van der Waals surface area contributed by atoms with Crippen LogP contribution in [0.2, 0.25) is 0 Å². The number of hydrogen-bond donors (Lipinski definition) is 2. The molecule has 0 aliphatic rings. The first kappa shape index (κ1) is 5.80. The zero-order valence-corrected chi connectivity index (χ0v) is 4.51. The Morgan fingerprint density at radius 1 is 1.83 bits per heavy atom. The van der Waals surface area contributed by atoms with E-state index in [0.29, 0.717) is 0 Å². The van der Waals surface area contributed by atoms with Crippen LogP contribution < -0.4 is 0 Å². The maximum Gasteiger partial charge on any atom is 0.121 e. The van der Waals surface area contributed by atoms with Crippen LogP contribution >= 0.6 is 24.8 Å². The fourth-order valence-electron chi connectivity index (χ4n) is 0.0478. The molecule has 0 bridgehead atoms. The molecular formula is C3H2OS2. The third-order valence-corrected chi connectivity index (χ3v) is 0.377. The van der Waals surface area contributed by atoms with E-state index in [0.717, 1.165) is 0 Å². The zero-order valence-electron chi connectivity index (χ0n) is 2.80. The molecule has 1 N–H and O–H groups in total. The molecule has 3 heteroatoms. The fraction of sp³-hybridized carbons (Fsp3) is 0. The van der Waals surface area contributed by atoms with E-state index in [1.807, 2.05) is 0 Å². The lowest BCUT2D eigenvalue weighted by Crippen LogP contribution is -1.68. The van der Waals surface area contributed by atoms with Gasteiger partial charge in [-0.2, -0.15) is 0 Å². The summed E-state index contributed by atoms with van der Waals surface area (Å²) in [6.45, 7) is 0. The molecule has 0 atom stereocenters. The summed E-state index contributed by atoms with van der Waals surface area (Å²) in [6, 6.07) is 0. The Morgan fingerprint density at radius 2 is 2.33 bits per heavy atom. The highest BCUT2D eigenvalue weighted by Gasteiger charge is 1.68. The normalized spacial score (nSPS) is 5.50. The van der Waals surface area contributed by atoms with Crippen molar-refractivity contribution >= 4 is 29.0 Å². The van der Waals surface area contributed by atoms with E-state index in [1.54, 1.807) is 6.11 Å². The van der Waals surface area contributed by atoms with Gasteiger partial charge in [-0.15, -0.1) is 12.6 Å². The van der Waals surface area contributed by atoms with Crippen molar-refractivity contribution in [1.29, 1.82) is 0 Å². The Hall–Kier alpha value is -0.200. The van der Waals surface area contributed by atoms with Crippen LogP contribution in [-0.2, 0) is 0 Å². The molecule has 0 amide bonds. The van der Waals surface area contributed by atoms with Crippen molar-refractivity contribution in [3.05, 3.63) is 0 Å². The van der Waals surface area contributed by atoms with Gasteiger partial charge in [0.25, 0.3) is 0 Å². The number of aliphatic hydroxyl groups excluding tert-OH is 1. The topological polar surface area (TPSA) is 20.2 Å². The molecule has 0 aliphatic carbocycles. The molecule has 0 fully saturated rings. The molecule has 1 nitrogen and oxygen atoms in total. The molecule has 32 valence electrons. The molecule has 0 heterocycles. The predicted octanol–water partition coefficient (Wildman–Crippen LogP) is 0.577. The van der Waals surface area contributed by atoms with Gasteiger partial charge in [0.05, 0.1) is 0 Å². The zero-order chi connectivity index (χ0) is 4.99. The number of thiocarbonyl (C=S) groups is 1. The fourth-order valence-corrected chi connectivity index (χ4v) is 0.143. The largest absolute Gasteiger partial charge is 0.462 e. The van der Waals surface area contributed by atoms with E-state index in [1.165, 1.54) is 0 Å². The summed E-state index contributed by atoms with van der Waals surface area (Å²) in [5, 5.41) is 7.74. The van der Waals surface area contributed by atoms with Crippen LogP contribution in [0.15, 0.2) is 0 Å². The summed E-state index contributed by atoms with van der Waals surface area (Å²) >= 11 is 7.90. The van der Waals surface area contributed by atoms with Crippen molar-refractivity contribution in [2.75, 3.05) is 0 Å². The predicted molar refractivity (Wildman–Crippen MR) is 31.3 cm³/mol. The number of rotatable bonds is 0. The lowest BCUT2D eigenvalue weighted by molar-refractivity contribution is 0.518. The van der Waals surface area contributed by atoms with E-state index in [-0.39, 0.29) is 4.20 Å². The molecule has 0 aromatic rings. The minimum atomic E-state index is 0.206. The third-order valence-electron chi connectivity index (χ3n) is 0.163. The van der Waals surface area contributed by atoms with Gasteiger partial charge in [-0.3, -0.25) is 0 Å². The van der Waals surface area contributed by atoms with Crippen molar-refractivity contribution in [2.45, 2.75) is 0 Å². The summed E-state index contributed by atoms with van der Waals surface area (Å²) in [7, 11) is 0. The first-order valence-corrected chi connectivity index (χ1v) is 2.01. The average Bonchev–Trinajstić information content (AvgIpc) is 1.35. The van der Waals surface area contributed by atoms with Gasteiger partial charge >= 0.3 is 0 Å². The first-order chi connectivity index (χ1) is 2.77. The van der Waals surface area contributed by atoms with Gasteiger partial charge in [0.15, 0.2) is 0 Å². The molecule has 6 heavy (non-hydrogen) atoms. The Morgan fingerprint density at radius 3 is 2.33 bits per heavy atom. The van der Waals surface area contributed by atoms with Crippen molar-refractivity contribution in [3.8, 4) is 12.0 Å². The average molecular weight is 118 g/mol. The lowest BCUT2D eigenvalue weighted by Gasteiger charge is -1.64. The second-order valence-electron chi connectivity index (χ2n) is 0.542. The van der Waals surface area contributed by atoms with E-state index in [9.17, 15) is 0 Å². The van der Waals surface area contributed by atoms with Crippen molar-refractivity contribution in [2.24, 2.45) is 0 Å². The maximum absolute atomic E-state index is 7.74. The smallest absolute Gasteiger partial charge is 0.121 e. The lowest BCUT2D eigenvalue weighted by atomic mass is 10.8. The van der Waals surface area contributed by atoms with Gasteiger partial charge in [0, 0.05) is 0 Å². The van der Waals surface area contributed by atoms with Gasteiger partial charge in [-0.05, 0) is 5.92 Å². The van der Waals surface area contributed by atoms with Crippen LogP contribution in [-0.4, -0.2) is 9.30 Å². The molecule has 0 aromatic carbocycles. The molecule has 0 aromatic heterocycles. The van der Waals surface area contributed by atoms with E-state index in [4.69, 9.17) is 5.11 Å². The highest BCUT2D eigenvalue weighted by atomic mass is 32.1. The van der Waals surface area contributed by atoms with Gasteiger partial charge in [0.2, 0.25) is 0 Å². The standard InChI is InChI=1S/C3H2OS2/c4-2-1-3(5)6/h4H,(H,5,6). The second kappa shape index (κ2) is 3.01. The number of thiol groups is 1. The summed E-state index contributed by atoms with van der Waals surface area (Å²) in [4.78, 5) is 0. The van der Waals surface area contributed by atoms with Gasteiger partial charge < -0.3 is 5.11 Å². The van der Waals surface area contributed by atoms with Crippen LogP contribution in [0.4, 0.5) is 0 Å². The molecule has 0 aliphatic heterocycles. The van der Waals surface area contributed by atoms with Crippen molar-refractivity contribution in [1.82, 2.24) is 0 Å². The van der Waals surface area contributed by atoms with Crippen LogP contribution in [0.25, 0.3) is 0 Å². The summed E-state index contributed by atoms with van der Waals surface area (Å²) < 4.78 is 0.206. The molecule has 0 radical (unpaired) electrons. The second-order valence-corrected chi connectivity index (χ2v) is 1.70. The molecule has 0 saturated carbocycles. The Labute approximate surface area is 46.8 Å². The summed E-state index contributed by atoms with van der Waals surface area (Å²) in [5.41, 5.74) is 0. The van der Waals surface area contributed by atoms with Crippen molar-refractivity contribution < 1.29 is 5.11 Å². The molecular weight excluding hydrogens is 116 g/mol. The third kappa shape index (κ3) is 3.80. The number of hydrogen-bond acceptors (Lipinski definition) is 2. The Kier molecular flexibility index (Phi) is 2.91. The Bertz CT molecular complexity index is 108. The van der Waals surface area contributed by atoms with Crippen LogP contribution in [0.1, 0.15) is 0 Å². The minimum absolute atomic E-state index is 0.206. The number of aliphatic hydroxyl groups is 1. The molecule has 0 spiro atoms. The van der Waals surface area contributed by atoms with Gasteiger partial charge in [-0.1, -0.05) is 12.2 Å². The monoisotopic (exact) mass is 118 g/mol. The van der Waals surface area contributed by atoms with Crippen LogP contribution in [0, 0.1) is 12.0 Å². The van der Waals surface area contributed by atoms with E-state index >= 15 is 0 Å². The molecule has 0 saturated heterocycles. The summed E-state index contributed by atoms with van der Waals surface area (Å²) in [5.74, 6) is 2.11. The SMILES string of the molecule is OC#CC(=S)S. The van der Waals surface area contributed by atoms with Crippen molar-refractivity contribution in [3.63, 3.8) is 0 Å². The van der Waals surface area contributed by atoms with Crippen LogP contribution in [0.3, 0.4) is 0 Å². The molecule has 0 unspecified atom stereocenters. The summed E-state index contributed by atoms with van der Waals surface area (Å²) in [6.07, 6.45) is 1.60. The maximum atomic E-state index is 7.74. The van der Waals surface area contributed by atoms with E-state index < -0.39 is 0 Å². The first-order valence-electron chi connectivity index (χ1n) is 1.15. The molecule has 0 rings (SSSR count). The minimum Gasteiger partial charge on any atom is -0.462 e. The quantitative estimate of drug-likeness (QED) is 0.275. The van der Waals surface area contributed by atoms with Gasteiger partial charge in [-0.25, -0.2) is 0 Å². The van der Waals surface area contributed by atoms with Crippen LogP contribution in [0.5, 0.6) is 0 Å². The highest BCUT2D eigenvalue weighted by Crippen LogP contribution is 1.75. The highest BCUT2D eigenvalue weighted by molar-refractivity contribution is 8.12.